The number of aromatic nitrogens is 2. The Morgan fingerprint density at radius 1 is 1.33 bits per heavy atom. The van der Waals surface area contributed by atoms with Crippen LogP contribution in [0.5, 0.6) is 0 Å². The maximum Gasteiger partial charge on any atom is 0.136 e. The minimum Gasteiger partial charge on any atom is -0.371 e. The Kier molecular flexibility index (Phi) is 3.75. The first-order chi connectivity index (χ1) is 10.1. The molecule has 0 bridgehead atoms. The lowest BCUT2D eigenvalue weighted by Crippen LogP contribution is -2.15. The quantitative estimate of drug-likeness (QED) is 0.785. The van der Waals surface area contributed by atoms with Gasteiger partial charge in [-0.05, 0) is 42.1 Å². The van der Waals surface area contributed by atoms with Crippen molar-refractivity contribution in [2.75, 3.05) is 5.32 Å². The maximum atomic E-state index is 13.6. The first kappa shape index (κ1) is 13.8. The van der Waals surface area contributed by atoms with E-state index in [-0.39, 0.29) is 11.9 Å². The molecule has 2 heterocycles. The van der Waals surface area contributed by atoms with Crippen molar-refractivity contribution in [1.82, 2.24) is 9.55 Å². The number of hydrogen-bond acceptors (Lipinski definition) is 3. The molecule has 0 amide bonds. The summed E-state index contributed by atoms with van der Waals surface area (Å²) in [6.07, 6.45) is 3.68. The summed E-state index contributed by atoms with van der Waals surface area (Å²) in [6, 6.07) is 8.94. The second-order valence-corrected chi connectivity index (χ2v) is 5.99. The molecule has 0 fully saturated rings. The minimum absolute atomic E-state index is 0.0915. The molecule has 5 heteroatoms. The van der Waals surface area contributed by atoms with E-state index in [2.05, 4.69) is 16.4 Å². The highest BCUT2D eigenvalue weighted by Crippen LogP contribution is 2.29. The summed E-state index contributed by atoms with van der Waals surface area (Å²) in [5.41, 5.74) is 1.65. The molecule has 3 rings (SSSR count). The number of anilines is 1. The van der Waals surface area contributed by atoms with E-state index in [1.807, 2.05) is 42.2 Å². The molecule has 0 saturated carbocycles. The van der Waals surface area contributed by atoms with Crippen LogP contribution in [0.1, 0.15) is 22.3 Å². The lowest BCUT2D eigenvalue weighted by Gasteiger charge is -2.19. The lowest BCUT2D eigenvalue weighted by atomic mass is 10.1. The second kappa shape index (κ2) is 5.69. The number of rotatable bonds is 4. The molecule has 3 nitrogen and oxygen atoms in total. The van der Waals surface area contributed by atoms with Crippen LogP contribution in [0.2, 0.25) is 0 Å². The number of thiophene rings is 1. The molecule has 0 spiro atoms. The number of imidazole rings is 1. The van der Waals surface area contributed by atoms with E-state index >= 15 is 0 Å². The normalized spacial score (nSPS) is 12.3. The zero-order valence-corrected chi connectivity index (χ0v) is 12.7. The van der Waals surface area contributed by atoms with Gasteiger partial charge in [-0.3, -0.25) is 0 Å². The van der Waals surface area contributed by atoms with Crippen LogP contribution in [0, 0.1) is 12.7 Å². The monoisotopic (exact) mass is 301 g/mol. The summed E-state index contributed by atoms with van der Waals surface area (Å²) in [4.78, 5) is 5.57. The third kappa shape index (κ3) is 2.97. The molecule has 108 valence electrons. The van der Waals surface area contributed by atoms with E-state index in [4.69, 9.17) is 0 Å². The molecule has 0 aliphatic rings. The molecular formula is C16H16FN3S. The minimum atomic E-state index is -0.234. The van der Waals surface area contributed by atoms with Crippen molar-refractivity contribution in [2.24, 2.45) is 7.05 Å². The number of hydrogen-bond donors (Lipinski definition) is 1. The average molecular weight is 301 g/mol. The van der Waals surface area contributed by atoms with Crippen LogP contribution in [-0.2, 0) is 7.05 Å². The molecule has 0 radical (unpaired) electrons. The Morgan fingerprint density at radius 3 is 2.81 bits per heavy atom. The molecule has 2 aromatic heterocycles. The third-order valence-corrected chi connectivity index (χ3v) is 4.23. The van der Waals surface area contributed by atoms with E-state index in [1.54, 1.807) is 17.5 Å². The van der Waals surface area contributed by atoms with Crippen molar-refractivity contribution in [1.29, 1.82) is 0 Å². The van der Waals surface area contributed by atoms with E-state index < -0.39 is 0 Å². The van der Waals surface area contributed by atoms with Crippen molar-refractivity contribution < 1.29 is 4.39 Å². The third-order valence-electron chi connectivity index (χ3n) is 3.30. The van der Waals surface area contributed by atoms with Crippen molar-refractivity contribution in [2.45, 2.75) is 13.0 Å². The summed E-state index contributed by atoms with van der Waals surface area (Å²) < 4.78 is 15.6. The van der Waals surface area contributed by atoms with Gasteiger partial charge in [-0.2, -0.15) is 0 Å². The van der Waals surface area contributed by atoms with Gasteiger partial charge in [-0.25, -0.2) is 9.37 Å². The first-order valence-electron chi connectivity index (χ1n) is 6.68. The van der Waals surface area contributed by atoms with E-state index in [0.717, 1.165) is 22.0 Å². The summed E-state index contributed by atoms with van der Waals surface area (Å²) in [6.45, 7) is 1.88. The summed E-state index contributed by atoms with van der Waals surface area (Å²) in [5.74, 6) is 0.668. The molecule has 0 aliphatic carbocycles. The van der Waals surface area contributed by atoms with Gasteiger partial charge in [0.25, 0.3) is 0 Å². The first-order valence-corrected chi connectivity index (χ1v) is 7.56. The maximum absolute atomic E-state index is 13.6. The van der Waals surface area contributed by atoms with Crippen LogP contribution in [0.15, 0.2) is 48.1 Å². The number of benzene rings is 1. The summed E-state index contributed by atoms with van der Waals surface area (Å²) in [7, 11) is 1.96. The van der Waals surface area contributed by atoms with Gasteiger partial charge >= 0.3 is 0 Å². The van der Waals surface area contributed by atoms with Crippen LogP contribution < -0.4 is 5.32 Å². The van der Waals surface area contributed by atoms with Crippen LogP contribution in [-0.4, -0.2) is 9.55 Å². The number of nitrogens with zero attached hydrogens (tertiary/aromatic N) is 2. The van der Waals surface area contributed by atoms with Gasteiger partial charge in [0.2, 0.25) is 0 Å². The highest BCUT2D eigenvalue weighted by molar-refractivity contribution is 7.10. The van der Waals surface area contributed by atoms with Gasteiger partial charge < -0.3 is 9.88 Å². The fourth-order valence-electron chi connectivity index (χ4n) is 2.36. The molecule has 3 aromatic rings. The molecule has 21 heavy (non-hydrogen) atoms. The van der Waals surface area contributed by atoms with Crippen molar-refractivity contribution in [3.63, 3.8) is 0 Å². The lowest BCUT2D eigenvalue weighted by molar-refractivity contribution is 0.626. The molecule has 0 saturated heterocycles. The topological polar surface area (TPSA) is 29.9 Å². The zero-order chi connectivity index (χ0) is 14.8. The summed E-state index contributed by atoms with van der Waals surface area (Å²) in [5, 5.41) is 5.42. The molecule has 1 aromatic carbocycles. The smallest absolute Gasteiger partial charge is 0.136 e. The Labute approximate surface area is 127 Å². The van der Waals surface area contributed by atoms with E-state index in [0.29, 0.717) is 0 Å². The Morgan fingerprint density at radius 2 is 2.19 bits per heavy atom. The van der Waals surface area contributed by atoms with Crippen LogP contribution in [0.3, 0.4) is 0 Å². The van der Waals surface area contributed by atoms with Gasteiger partial charge in [-0.1, -0.05) is 6.07 Å². The molecule has 1 N–H and O–H groups in total. The molecule has 1 atom stereocenters. The van der Waals surface area contributed by atoms with E-state index in [9.17, 15) is 4.39 Å². The van der Waals surface area contributed by atoms with Crippen LogP contribution in [0.4, 0.5) is 10.1 Å². The van der Waals surface area contributed by atoms with E-state index in [1.165, 1.54) is 12.1 Å². The van der Waals surface area contributed by atoms with Gasteiger partial charge in [0.05, 0.1) is 0 Å². The van der Waals surface area contributed by atoms with Crippen molar-refractivity contribution >= 4 is 17.0 Å². The van der Waals surface area contributed by atoms with Gasteiger partial charge in [0, 0.05) is 30.0 Å². The zero-order valence-electron chi connectivity index (χ0n) is 11.9. The van der Waals surface area contributed by atoms with Crippen LogP contribution in [0.25, 0.3) is 0 Å². The standard InChI is InChI=1S/C16H16FN3S/c1-11-8-12(17)10-13(9-11)19-15(14-4-3-7-21-14)16-18-5-6-20(16)2/h3-10,15,19H,1-2H3. The second-order valence-electron chi connectivity index (χ2n) is 5.01. The van der Waals surface area contributed by atoms with Gasteiger partial charge in [0.1, 0.15) is 17.7 Å². The number of nitrogens with one attached hydrogen (secondary N) is 1. The molecule has 1 unspecified atom stereocenters. The number of halogens is 1. The van der Waals surface area contributed by atoms with Crippen molar-refractivity contribution in [3.05, 3.63) is 70.2 Å². The largest absolute Gasteiger partial charge is 0.371 e. The SMILES string of the molecule is Cc1cc(F)cc(NC(c2cccs2)c2nccn2C)c1. The predicted octanol–water partition coefficient (Wildman–Crippen LogP) is 4.13. The average Bonchev–Trinajstić information content (AvgIpc) is 3.06. The predicted molar refractivity (Wildman–Crippen MR) is 84.1 cm³/mol. The van der Waals surface area contributed by atoms with Gasteiger partial charge in [0.15, 0.2) is 0 Å². The highest BCUT2D eigenvalue weighted by atomic mass is 32.1. The number of aryl methyl sites for hydroxylation is 2. The van der Waals surface area contributed by atoms with Crippen molar-refractivity contribution in [3.8, 4) is 0 Å². The Hall–Kier alpha value is -2.14. The fourth-order valence-corrected chi connectivity index (χ4v) is 3.13. The summed E-state index contributed by atoms with van der Waals surface area (Å²) >= 11 is 1.66. The molecule has 0 aliphatic heterocycles. The Balaban J connectivity index is 1.99. The Bertz CT molecular complexity index is 714. The highest BCUT2D eigenvalue weighted by Gasteiger charge is 2.19. The van der Waals surface area contributed by atoms with Gasteiger partial charge in [-0.15, -0.1) is 11.3 Å². The fraction of sp³-hybridized carbons (Fsp3) is 0.188. The molecular weight excluding hydrogens is 285 g/mol. The van der Waals surface area contributed by atoms with Crippen LogP contribution >= 0.6 is 11.3 Å².